The van der Waals surface area contributed by atoms with Gasteiger partial charge in [0.1, 0.15) is 5.54 Å². The largest absolute Gasteiger partial charge is 0.374 e. The number of hydrogen-bond acceptors (Lipinski definition) is 3. The van der Waals surface area contributed by atoms with Gasteiger partial charge in [-0.1, -0.05) is 18.2 Å². The summed E-state index contributed by atoms with van der Waals surface area (Å²) in [6.45, 7) is 4.80. The van der Waals surface area contributed by atoms with E-state index < -0.39 is 5.54 Å². The van der Waals surface area contributed by atoms with E-state index in [0.717, 1.165) is 19.4 Å². The highest BCUT2D eigenvalue weighted by molar-refractivity contribution is 5.52. The Balaban J connectivity index is 2.49. The molecule has 2 N–H and O–H groups in total. The number of benzene rings is 1. The molecule has 1 aromatic carbocycles. The van der Waals surface area contributed by atoms with Crippen molar-refractivity contribution < 1.29 is 0 Å². The molecule has 3 heteroatoms. The van der Waals surface area contributed by atoms with E-state index in [2.05, 4.69) is 37.1 Å². The molecule has 1 rings (SSSR count). The third kappa shape index (κ3) is 4.08. The lowest BCUT2D eigenvalue weighted by Crippen LogP contribution is -2.35. The SMILES string of the molecule is Cc1ccccc1N(C)CCCC(C)(N)C#N. The fourth-order valence-electron chi connectivity index (χ4n) is 1.85. The maximum atomic E-state index is 8.83. The quantitative estimate of drug-likeness (QED) is 0.847. The van der Waals surface area contributed by atoms with E-state index >= 15 is 0 Å². The maximum absolute atomic E-state index is 8.83. The molecule has 0 aliphatic carbocycles. The molecule has 3 nitrogen and oxygen atoms in total. The fourth-order valence-corrected chi connectivity index (χ4v) is 1.85. The topological polar surface area (TPSA) is 53.0 Å². The molecule has 0 saturated carbocycles. The summed E-state index contributed by atoms with van der Waals surface area (Å²) in [4.78, 5) is 2.21. The molecule has 0 bridgehead atoms. The molecule has 0 spiro atoms. The highest BCUT2D eigenvalue weighted by Crippen LogP contribution is 2.18. The van der Waals surface area contributed by atoms with Crippen molar-refractivity contribution in [3.63, 3.8) is 0 Å². The Kier molecular flexibility index (Phi) is 4.53. The van der Waals surface area contributed by atoms with E-state index in [1.807, 2.05) is 12.1 Å². The predicted molar refractivity (Wildman–Crippen MR) is 71.9 cm³/mol. The van der Waals surface area contributed by atoms with Crippen molar-refractivity contribution in [3.05, 3.63) is 29.8 Å². The van der Waals surface area contributed by atoms with E-state index in [1.54, 1.807) is 6.92 Å². The normalized spacial score (nSPS) is 13.8. The molecule has 0 saturated heterocycles. The van der Waals surface area contributed by atoms with Crippen LogP contribution in [-0.2, 0) is 0 Å². The number of hydrogen-bond donors (Lipinski definition) is 1. The molecule has 1 atom stereocenters. The summed E-state index contributed by atoms with van der Waals surface area (Å²) < 4.78 is 0. The Morgan fingerprint density at radius 1 is 1.41 bits per heavy atom. The monoisotopic (exact) mass is 231 g/mol. The molecule has 0 radical (unpaired) electrons. The van der Waals surface area contributed by atoms with Gasteiger partial charge in [0.25, 0.3) is 0 Å². The summed E-state index contributed by atoms with van der Waals surface area (Å²) in [5.41, 5.74) is 7.60. The lowest BCUT2D eigenvalue weighted by molar-refractivity contribution is 0.522. The Hall–Kier alpha value is -1.53. The molecule has 1 unspecified atom stereocenters. The van der Waals surface area contributed by atoms with Crippen LogP contribution < -0.4 is 10.6 Å². The van der Waals surface area contributed by atoms with Crippen molar-refractivity contribution in [2.75, 3.05) is 18.5 Å². The van der Waals surface area contributed by atoms with Gasteiger partial charge < -0.3 is 10.6 Å². The van der Waals surface area contributed by atoms with Crippen LogP contribution in [0, 0.1) is 18.3 Å². The highest BCUT2D eigenvalue weighted by atomic mass is 15.1. The second-order valence-electron chi connectivity index (χ2n) is 4.84. The van der Waals surface area contributed by atoms with Gasteiger partial charge >= 0.3 is 0 Å². The summed E-state index contributed by atoms with van der Waals surface area (Å²) >= 11 is 0. The third-order valence-electron chi connectivity index (χ3n) is 2.97. The van der Waals surface area contributed by atoms with Crippen LogP contribution in [0.2, 0.25) is 0 Å². The van der Waals surface area contributed by atoms with Crippen LogP contribution in [0.25, 0.3) is 0 Å². The Labute approximate surface area is 104 Å². The lowest BCUT2D eigenvalue weighted by Gasteiger charge is -2.23. The number of nitriles is 1. The molecule has 92 valence electrons. The number of para-hydroxylation sites is 1. The van der Waals surface area contributed by atoms with E-state index in [9.17, 15) is 0 Å². The first-order valence-corrected chi connectivity index (χ1v) is 5.93. The molecule has 0 aromatic heterocycles. The lowest BCUT2D eigenvalue weighted by atomic mass is 9.99. The van der Waals surface area contributed by atoms with Crippen molar-refractivity contribution >= 4 is 5.69 Å². The molecule has 17 heavy (non-hydrogen) atoms. The molecule has 1 aromatic rings. The van der Waals surface area contributed by atoms with Crippen molar-refractivity contribution in [1.29, 1.82) is 5.26 Å². The van der Waals surface area contributed by atoms with Gasteiger partial charge in [-0.3, -0.25) is 0 Å². The van der Waals surface area contributed by atoms with Crippen molar-refractivity contribution in [2.24, 2.45) is 5.73 Å². The number of nitrogens with two attached hydrogens (primary N) is 1. The van der Waals surface area contributed by atoms with E-state index in [-0.39, 0.29) is 0 Å². The van der Waals surface area contributed by atoms with Crippen LogP contribution >= 0.6 is 0 Å². The minimum absolute atomic E-state index is 0.702. The van der Waals surface area contributed by atoms with E-state index in [1.165, 1.54) is 11.3 Å². The third-order valence-corrected chi connectivity index (χ3v) is 2.97. The Bertz CT molecular complexity index is 404. The number of rotatable bonds is 5. The van der Waals surface area contributed by atoms with Crippen LogP contribution in [0.4, 0.5) is 5.69 Å². The zero-order valence-electron chi connectivity index (χ0n) is 10.9. The van der Waals surface area contributed by atoms with Crippen LogP contribution in [-0.4, -0.2) is 19.1 Å². The Morgan fingerprint density at radius 2 is 2.06 bits per heavy atom. The zero-order valence-corrected chi connectivity index (χ0v) is 10.9. The fraction of sp³-hybridized carbons (Fsp3) is 0.500. The first kappa shape index (κ1) is 13.5. The molecular weight excluding hydrogens is 210 g/mol. The van der Waals surface area contributed by atoms with Crippen molar-refractivity contribution in [1.82, 2.24) is 0 Å². The molecule has 0 aliphatic heterocycles. The summed E-state index contributed by atoms with van der Waals surface area (Å²) in [7, 11) is 2.07. The number of aryl methyl sites for hydroxylation is 1. The predicted octanol–water partition coefficient (Wildman–Crippen LogP) is 2.45. The average molecular weight is 231 g/mol. The average Bonchev–Trinajstić information content (AvgIpc) is 2.29. The molecule has 0 amide bonds. The summed E-state index contributed by atoms with van der Waals surface area (Å²) in [6, 6.07) is 10.4. The van der Waals surface area contributed by atoms with Gasteiger partial charge in [0.05, 0.1) is 6.07 Å². The number of anilines is 1. The van der Waals surface area contributed by atoms with Crippen LogP contribution in [0.3, 0.4) is 0 Å². The second-order valence-corrected chi connectivity index (χ2v) is 4.84. The smallest absolute Gasteiger partial charge is 0.101 e. The zero-order chi connectivity index (χ0) is 12.9. The highest BCUT2D eigenvalue weighted by Gasteiger charge is 2.16. The van der Waals surface area contributed by atoms with Gasteiger partial charge in [-0.2, -0.15) is 5.26 Å². The summed E-state index contributed by atoms with van der Waals surface area (Å²) in [5, 5.41) is 8.83. The first-order valence-electron chi connectivity index (χ1n) is 5.93. The van der Waals surface area contributed by atoms with Crippen LogP contribution in [0.5, 0.6) is 0 Å². The second kappa shape index (κ2) is 5.70. The van der Waals surface area contributed by atoms with Gasteiger partial charge in [0.2, 0.25) is 0 Å². The standard InChI is InChI=1S/C14H21N3/c1-12-7-4-5-8-13(12)17(3)10-6-9-14(2,16)11-15/h4-5,7-8H,6,9-10,16H2,1-3H3. The summed E-state index contributed by atoms with van der Waals surface area (Å²) in [6.07, 6.45) is 1.64. The number of nitrogens with zero attached hydrogens (tertiary/aromatic N) is 2. The van der Waals surface area contributed by atoms with Crippen molar-refractivity contribution in [3.8, 4) is 6.07 Å². The minimum Gasteiger partial charge on any atom is -0.374 e. The van der Waals surface area contributed by atoms with E-state index in [0.29, 0.717) is 0 Å². The molecule has 0 fully saturated rings. The molecule has 0 heterocycles. The first-order chi connectivity index (χ1) is 7.96. The van der Waals surface area contributed by atoms with E-state index in [4.69, 9.17) is 11.0 Å². The van der Waals surface area contributed by atoms with Gasteiger partial charge in [-0.25, -0.2) is 0 Å². The maximum Gasteiger partial charge on any atom is 0.101 e. The van der Waals surface area contributed by atoms with Gasteiger partial charge in [0, 0.05) is 19.3 Å². The van der Waals surface area contributed by atoms with Crippen molar-refractivity contribution in [2.45, 2.75) is 32.2 Å². The van der Waals surface area contributed by atoms with Gasteiger partial charge in [-0.05, 0) is 38.3 Å². The van der Waals surface area contributed by atoms with Crippen LogP contribution in [0.15, 0.2) is 24.3 Å². The van der Waals surface area contributed by atoms with Crippen LogP contribution in [0.1, 0.15) is 25.3 Å². The molecule has 0 aliphatic rings. The molecular formula is C14H21N3. The Morgan fingerprint density at radius 3 is 2.65 bits per heavy atom. The van der Waals surface area contributed by atoms with Gasteiger partial charge in [0.15, 0.2) is 0 Å². The summed E-state index contributed by atoms with van der Waals surface area (Å²) in [5.74, 6) is 0. The minimum atomic E-state index is -0.702. The van der Waals surface area contributed by atoms with Gasteiger partial charge in [-0.15, -0.1) is 0 Å².